The number of nitrogens with one attached hydrogen (secondary N) is 1. The van der Waals surface area contributed by atoms with Gasteiger partial charge in [-0.05, 0) is 24.3 Å². The minimum atomic E-state index is -1.03. The van der Waals surface area contributed by atoms with Crippen LogP contribution in [0.2, 0.25) is 0 Å². The molecular formula is C14H10F2N2O3. The standard InChI is InChI=1S/C14H10F2N2O3/c15-10-2-1-3-11(16)13(10)14(21)18-9-5-4-8(17-7-9)6-12(19)20/h1-5,7H,6H2,(H,18,21)(H,19,20). The van der Waals surface area contributed by atoms with E-state index in [4.69, 9.17) is 5.11 Å². The first kappa shape index (κ1) is 14.6. The molecule has 1 amide bonds. The average molecular weight is 292 g/mol. The van der Waals surface area contributed by atoms with Gasteiger partial charge < -0.3 is 10.4 Å². The quantitative estimate of drug-likeness (QED) is 0.905. The maximum absolute atomic E-state index is 13.4. The molecule has 0 aliphatic heterocycles. The van der Waals surface area contributed by atoms with Crippen LogP contribution in [0.5, 0.6) is 0 Å². The third-order valence-electron chi connectivity index (χ3n) is 2.60. The second-order valence-electron chi connectivity index (χ2n) is 4.16. The molecule has 5 nitrogen and oxygen atoms in total. The molecular weight excluding hydrogens is 282 g/mol. The summed E-state index contributed by atoms with van der Waals surface area (Å²) >= 11 is 0. The molecule has 21 heavy (non-hydrogen) atoms. The summed E-state index contributed by atoms with van der Waals surface area (Å²) in [5, 5.41) is 10.9. The van der Waals surface area contributed by atoms with Gasteiger partial charge in [-0.15, -0.1) is 0 Å². The highest BCUT2D eigenvalue weighted by molar-refractivity contribution is 6.04. The zero-order valence-corrected chi connectivity index (χ0v) is 10.6. The predicted molar refractivity (Wildman–Crippen MR) is 69.9 cm³/mol. The van der Waals surface area contributed by atoms with E-state index in [1.807, 2.05) is 0 Å². The Balaban J connectivity index is 2.14. The fourth-order valence-corrected chi connectivity index (χ4v) is 1.67. The lowest BCUT2D eigenvalue weighted by Gasteiger charge is -2.07. The van der Waals surface area contributed by atoms with E-state index in [1.165, 1.54) is 18.3 Å². The molecule has 1 heterocycles. The van der Waals surface area contributed by atoms with Crippen molar-refractivity contribution in [1.82, 2.24) is 4.98 Å². The SMILES string of the molecule is O=C(O)Cc1ccc(NC(=O)c2c(F)cccc2F)cn1. The summed E-state index contributed by atoms with van der Waals surface area (Å²) in [4.78, 5) is 26.1. The number of carbonyl (C=O) groups excluding carboxylic acids is 1. The van der Waals surface area contributed by atoms with Crippen LogP contribution in [0.1, 0.15) is 16.1 Å². The maximum atomic E-state index is 13.4. The number of carboxylic acid groups (broad SMARTS) is 1. The number of carboxylic acids is 1. The number of anilines is 1. The number of pyridine rings is 1. The highest BCUT2D eigenvalue weighted by Crippen LogP contribution is 2.15. The molecule has 0 unspecified atom stereocenters. The van der Waals surface area contributed by atoms with Gasteiger partial charge in [0.2, 0.25) is 0 Å². The molecule has 0 bridgehead atoms. The van der Waals surface area contributed by atoms with Crippen molar-refractivity contribution in [2.75, 3.05) is 5.32 Å². The Hall–Kier alpha value is -2.83. The van der Waals surface area contributed by atoms with E-state index in [1.54, 1.807) is 0 Å². The van der Waals surface area contributed by atoms with Gasteiger partial charge >= 0.3 is 5.97 Å². The lowest BCUT2D eigenvalue weighted by atomic mass is 10.2. The minimum Gasteiger partial charge on any atom is -0.481 e. The van der Waals surface area contributed by atoms with Crippen LogP contribution in [0.15, 0.2) is 36.5 Å². The first-order valence-electron chi connectivity index (χ1n) is 5.89. The van der Waals surface area contributed by atoms with Crippen molar-refractivity contribution in [3.63, 3.8) is 0 Å². The minimum absolute atomic E-state index is 0.205. The Morgan fingerprint density at radius 2 is 1.81 bits per heavy atom. The molecule has 2 rings (SSSR count). The van der Waals surface area contributed by atoms with Crippen molar-refractivity contribution in [2.24, 2.45) is 0 Å². The molecule has 1 aromatic carbocycles. The van der Waals surface area contributed by atoms with E-state index in [0.29, 0.717) is 5.69 Å². The first-order valence-corrected chi connectivity index (χ1v) is 5.89. The highest BCUT2D eigenvalue weighted by Gasteiger charge is 2.17. The molecule has 1 aromatic heterocycles. The molecule has 7 heteroatoms. The molecule has 0 spiro atoms. The number of hydrogen-bond acceptors (Lipinski definition) is 3. The van der Waals surface area contributed by atoms with Gasteiger partial charge in [0.15, 0.2) is 0 Å². The van der Waals surface area contributed by atoms with Gasteiger partial charge in [0.1, 0.15) is 17.2 Å². The van der Waals surface area contributed by atoms with Crippen molar-refractivity contribution >= 4 is 17.6 Å². The predicted octanol–water partition coefficient (Wildman–Crippen LogP) is 2.24. The topological polar surface area (TPSA) is 79.3 Å². The highest BCUT2D eigenvalue weighted by atomic mass is 19.1. The van der Waals surface area contributed by atoms with Gasteiger partial charge in [-0.1, -0.05) is 6.07 Å². The van der Waals surface area contributed by atoms with E-state index in [0.717, 1.165) is 18.2 Å². The summed E-state index contributed by atoms with van der Waals surface area (Å²) in [6.07, 6.45) is 0.963. The number of aliphatic carboxylic acids is 1. The average Bonchev–Trinajstić information content (AvgIpc) is 2.40. The second kappa shape index (κ2) is 6.08. The van der Waals surface area contributed by atoms with Crippen molar-refractivity contribution in [1.29, 1.82) is 0 Å². The number of rotatable bonds is 4. The summed E-state index contributed by atoms with van der Waals surface area (Å²) in [6, 6.07) is 5.92. The van der Waals surface area contributed by atoms with E-state index in [-0.39, 0.29) is 12.1 Å². The van der Waals surface area contributed by atoms with E-state index in [2.05, 4.69) is 10.3 Å². The summed E-state index contributed by atoms with van der Waals surface area (Å²) in [7, 11) is 0. The van der Waals surface area contributed by atoms with Gasteiger partial charge in [-0.3, -0.25) is 14.6 Å². The van der Waals surface area contributed by atoms with Gasteiger partial charge in [0.05, 0.1) is 24.0 Å². The van der Waals surface area contributed by atoms with Crippen LogP contribution in [0.25, 0.3) is 0 Å². The van der Waals surface area contributed by atoms with Crippen LogP contribution in [0.4, 0.5) is 14.5 Å². The third kappa shape index (κ3) is 3.59. The van der Waals surface area contributed by atoms with E-state index >= 15 is 0 Å². The number of carbonyl (C=O) groups is 2. The van der Waals surface area contributed by atoms with Crippen molar-refractivity contribution < 1.29 is 23.5 Å². The third-order valence-corrected chi connectivity index (χ3v) is 2.60. The summed E-state index contributed by atoms with van der Waals surface area (Å²) < 4.78 is 26.9. The summed E-state index contributed by atoms with van der Waals surface area (Å²) in [6.45, 7) is 0. The Labute approximate surface area is 118 Å². The molecule has 2 aromatic rings. The monoisotopic (exact) mass is 292 g/mol. The molecule has 0 radical (unpaired) electrons. The lowest BCUT2D eigenvalue weighted by Crippen LogP contribution is -2.16. The number of aromatic nitrogens is 1. The number of nitrogens with zero attached hydrogens (tertiary/aromatic N) is 1. The summed E-state index contributed by atoms with van der Waals surface area (Å²) in [5.41, 5.74) is -0.179. The van der Waals surface area contributed by atoms with Crippen LogP contribution >= 0.6 is 0 Å². The first-order chi connectivity index (χ1) is 9.97. The largest absolute Gasteiger partial charge is 0.481 e. The molecule has 0 aliphatic carbocycles. The zero-order chi connectivity index (χ0) is 15.4. The van der Waals surface area contributed by atoms with Gasteiger partial charge in [-0.25, -0.2) is 8.78 Å². The van der Waals surface area contributed by atoms with Crippen LogP contribution in [0, 0.1) is 11.6 Å². The van der Waals surface area contributed by atoms with E-state index < -0.39 is 29.1 Å². The van der Waals surface area contributed by atoms with Crippen LogP contribution in [-0.4, -0.2) is 22.0 Å². The van der Waals surface area contributed by atoms with Crippen molar-refractivity contribution in [3.8, 4) is 0 Å². The second-order valence-corrected chi connectivity index (χ2v) is 4.16. The molecule has 0 saturated heterocycles. The van der Waals surface area contributed by atoms with Crippen LogP contribution in [0.3, 0.4) is 0 Å². The van der Waals surface area contributed by atoms with Gasteiger partial charge in [-0.2, -0.15) is 0 Å². The van der Waals surface area contributed by atoms with Gasteiger partial charge in [0, 0.05) is 0 Å². The lowest BCUT2D eigenvalue weighted by molar-refractivity contribution is -0.136. The normalized spacial score (nSPS) is 10.2. The number of hydrogen-bond donors (Lipinski definition) is 2. The van der Waals surface area contributed by atoms with Crippen LogP contribution < -0.4 is 5.32 Å². The smallest absolute Gasteiger partial charge is 0.309 e. The zero-order valence-electron chi connectivity index (χ0n) is 10.6. The number of benzene rings is 1. The number of halogens is 2. The molecule has 2 N–H and O–H groups in total. The molecule has 0 fully saturated rings. The molecule has 108 valence electrons. The Morgan fingerprint density at radius 3 is 2.33 bits per heavy atom. The van der Waals surface area contributed by atoms with Gasteiger partial charge in [0.25, 0.3) is 5.91 Å². The fraction of sp³-hybridized carbons (Fsp3) is 0.0714. The van der Waals surface area contributed by atoms with Crippen molar-refractivity contribution in [3.05, 3.63) is 59.4 Å². The van der Waals surface area contributed by atoms with Crippen LogP contribution in [-0.2, 0) is 11.2 Å². The molecule has 0 atom stereocenters. The molecule has 0 saturated carbocycles. The Morgan fingerprint density at radius 1 is 1.14 bits per heavy atom. The summed E-state index contributed by atoms with van der Waals surface area (Å²) in [5.74, 6) is -3.92. The fourth-order valence-electron chi connectivity index (χ4n) is 1.67. The number of amides is 1. The Bertz CT molecular complexity index is 667. The Kier molecular flexibility index (Phi) is 4.22. The van der Waals surface area contributed by atoms with Crippen molar-refractivity contribution in [2.45, 2.75) is 6.42 Å². The maximum Gasteiger partial charge on any atom is 0.309 e. The molecule has 0 aliphatic rings. The van der Waals surface area contributed by atoms with E-state index in [9.17, 15) is 18.4 Å².